The van der Waals surface area contributed by atoms with Gasteiger partial charge in [-0.05, 0) is 48.0 Å². The van der Waals surface area contributed by atoms with Gasteiger partial charge < -0.3 is 19.7 Å². The molecule has 1 aliphatic heterocycles. The molecule has 0 atom stereocenters. The van der Waals surface area contributed by atoms with Crippen LogP contribution in [0.25, 0.3) is 0 Å². The largest absolute Gasteiger partial charge is 0.495 e. The van der Waals surface area contributed by atoms with Crippen molar-refractivity contribution in [3.05, 3.63) is 82.9 Å². The summed E-state index contributed by atoms with van der Waals surface area (Å²) in [6, 6.07) is 21.0. The Morgan fingerprint density at radius 3 is 2.30 bits per heavy atom. The smallest absolute Gasteiger partial charge is 0.255 e. The van der Waals surface area contributed by atoms with Crippen molar-refractivity contribution in [1.29, 1.82) is 0 Å². The van der Waals surface area contributed by atoms with Crippen molar-refractivity contribution in [3.63, 3.8) is 0 Å². The minimum absolute atomic E-state index is 0.201. The number of carbonyl (C=O) groups excluding carboxylic acids is 1. The minimum atomic E-state index is -0.201. The van der Waals surface area contributed by atoms with Gasteiger partial charge in [0, 0.05) is 43.3 Å². The van der Waals surface area contributed by atoms with Crippen molar-refractivity contribution in [3.8, 4) is 11.5 Å². The minimum Gasteiger partial charge on any atom is -0.495 e. The Bertz CT molecular complexity index is 1100. The van der Waals surface area contributed by atoms with Crippen LogP contribution in [0.1, 0.15) is 15.9 Å². The lowest BCUT2D eigenvalue weighted by Gasteiger charge is -2.36. The number of rotatable bonds is 7. The molecule has 3 aromatic carbocycles. The second-order valence-electron chi connectivity index (χ2n) is 7.93. The summed E-state index contributed by atoms with van der Waals surface area (Å²) in [5.41, 5.74) is 3.46. The number of methoxy groups -OCH3 is 2. The van der Waals surface area contributed by atoms with E-state index in [1.807, 2.05) is 42.5 Å². The van der Waals surface area contributed by atoms with E-state index in [1.165, 1.54) is 5.56 Å². The highest BCUT2D eigenvalue weighted by atomic mass is 35.5. The third kappa shape index (κ3) is 5.59. The molecule has 1 saturated heterocycles. The Hall–Kier alpha value is -3.22. The molecule has 172 valence electrons. The van der Waals surface area contributed by atoms with E-state index in [9.17, 15) is 4.79 Å². The number of halogens is 1. The third-order valence-corrected chi connectivity index (χ3v) is 6.07. The molecule has 0 radical (unpaired) electrons. The zero-order valence-electron chi connectivity index (χ0n) is 18.9. The van der Waals surface area contributed by atoms with Gasteiger partial charge in [0.15, 0.2) is 0 Å². The number of piperazine rings is 1. The molecule has 1 N–H and O–H groups in total. The van der Waals surface area contributed by atoms with Gasteiger partial charge in [-0.1, -0.05) is 35.9 Å². The molecule has 0 aromatic heterocycles. The lowest BCUT2D eigenvalue weighted by atomic mass is 10.1. The molecule has 1 aliphatic rings. The van der Waals surface area contributed by atoms with Crippen molar-refractivity contribution in [2.24, 2.45) is 0 Å². The maximum Gasteiger partial charge on any atom is 0.255 e. The van der Waals surface area contributed by atoms with Crippen molar-refractivity contribution >= 4 is 28.9 Å². The summed E-state index contributed by atoms with van der Waals surface area (Å²) in [5, 5.41) is 3.41. The Balaban J connectivity index is 1.33. The Morgan fingerprint density at radius 2 is 1.61 bits per heavy atom. The quantitative estimate of drug-likeness (QED) is 0.536. The molecule has 0 spiro atoms. The van der Waals surface area contributed by atoms with Gasteiger partial charge in [0.1, 0.15) is 11.5 Å². The van der Waals surface area contributed by atoms with Crippen LogP contribution in [0.5, 0.6) is 11.5 Å². The fourth-order valence-corrected chi connectivity index (χ4v) is 4.20. The van der Waals surface area contributed by atoms with Crippen LogP contribution < -0.4 is 19.7 Å². The average molecular weight is 466 g/mol. The number of benzene rings is 3. The topological polar surface area (TPSA) is 54.0 Å². The van der Waals surface area contributed by atoms with Crippen LogP contribution in [0.2, 0.25) is 5.02 Å². The molecule has 0 saturated carbocycles. The molecule has 4 rings (SSSR count). The summed E-state index contributed by atoms with van der Waals surface area (Å²) in [6.45, 7) is 4.68. The standard InChI is InChI=1S/C26H28ClN3O3/c1-32-24-12-11-21(27)17-22(24)28-26(31)20-9-7-19(8-10-20)18-29-13-15-30(16-14-29)23-5-3-4-6-25(23)33-2/h3-12,17H,13-16,18H2,1-2H3,(H,28,31). The maximum atomic E-state index is 12.7. The van der Waals surface area contributed by atoms with Crippen LogP contribution in [0.3, 0.4) is 0 Å². The van der Waals surface area contributed by atoms with E-state index in [-0.39, 0.29) is 5.91 Å². The van der Waals surface area contributed by atoms with Gasteiger partial charge in [-0.25, -0.2) is 0 Å². The molecule has 1 amide bonds. The van der Waals surface area contributed by atoms with Gasteiger partial charge >= 0.3 is 0 Å². The van der Waals surface area contributed by atoms with E-state index >= 15 is 0 Å². The van der Waals surface area contributed by atoms with E-state index in [1.54, 1.807) is 32.4 Å². The first-order valence-electron chi connectivity index (χ1n) is 10.9. The summed E-state index contributed by atoms with van der Waals surface area (Å²) < 4.78 is 10.8. The van der Waals surface area contributed by atoms with Gasteiger partial charge in [0.05, 0.1) is 25.6 Å². The number of hydrogen-bond acceptors (Lipinski definition) is 5. The highest BCUT2D eigenvalue weighted by Crippen LogP contribution is 2.29. The number of amides is 1. The van der Waals surface area contributed by atoms with E-state index in [0.717, 1.165) is 44.2 Å². The van der Waals surface area contributed by atoms with Gasteiger partial charge in [-0.15, -0.1) is 0 Å². The first kappa shape index (κ1) is 23.0. The van der Waals surface area contributed by atoms with Crippen molar-refractivity contribution in [1.82, 2.24) is 4.90 Å². The lowest BCUT2D eigenvalue weighted by Crippen LogP contribution is -2.46. The van der Waals surface area contributed by atoms with Crippen LogP contribution in [0.4, 0.5) is 11.4 Å². The monoisotopic (exact) mass is 465 g/mol. The number of hydrogen-bond donors (Lipinski definition) is 1. The van der Waals surface area contributed by atoms with Crippen LogP contribution in [0, 0.1) is 0 Å². The highest BCUT2D eigenvalue weighted by Gasteiger charge is 2.19. The van der Waals surface area contributed by atoms with Gasteiger partial charge in [-0.3, -0.25) is 9.69 Å². The first-order chi connectivity index (χ1) is 16.1. The zero-order chi connectivity index (χ0) is 23.2. The summed E-state index contributed by atoms with van der Waals surface area (Å²) in [6.07, 6.45) is 0. The number of anilines is 2. The normalized spacial score (nSPS) is 14.1. The number of carbonyl (C=O) groups is 1. The van der Waals surface area contributed by atoms with E-state index in [0.29, 0.717) is 22.0 Å². The summed E-state index contributed by atoms with van der Waals surface area (Å²) >= 11 is 6.05. The fourth-order valence-electron chi connectivity index (χ4n) is 4.03. The van der Waals surface area contributed by atoms with E-state index in [2.05, 4.69) is 21.2 Å². The van der Waals surface area contributed by atoms with E-state index < -0.39 is 0 Å². The van der Waals surface area contributed by atoms with Gasteiger partial charge in [-0.2, -0.15) is 0 Å². The van der Waals surface area contributed by atoms with Gasteiger partial charge in [0.2, 0.25) is 0 Å². The number of nitrogens with zero attached hydrogens (tertiary/aromatic N) is 2. The van der Waals surface area contributed by atoms with Crippen LogP contribution in [-0.4, -0.2) is 51.2 Å². The molecule has 0 unspecified atom stereocenters. The molecule has 0 aliphatic carbocycles. The molecule has 33 heavy (non-hydrogen) atoms. The highest BCUT2D eigenvalue weighted by molar-refractivity contribution is 6.31. The second-order valence-corrected chi connectivity index (χ2v) is 8.37. The lowest BCUT2D eigenvalue weighted by molar-refractivity contribution is 0.102. The Kier molecular flexibility index (Phi) is 7.37. The molecule has 0 bridgehead atoms. The molecular weight excluding hydrogens is 438 g/mol. The number of nitrogens with one attached hydrogen (secondary N) is 1. The van der Waals surface area contributed by atoms with Crippen LogP contribution in [-0.2, 0) is 6.54 Å². The third-order valence-electron chi connectivity index (χ3n) is 5.83. The Labute approximate surface area is 199 Å². The Morgan fingerprint density at radius 1 is 0.909 bits per heavy atom. The zero-order valence-corrected chi connectivity index (χ0v) is 19.6. The molecule has 1 heterocycles. The average Bonchev–Trinajstić information content (AvgIpc) is 2.85. The molecule has 3 aromatic rings. The first-order valence-corrected chi connectivity index (χ1v) is 11.3. The molecule has 6 nitrogen and oxygen atoms in total. The predicted octanol–water partition coefficient (Wildman–Crippen LogP) is 4.93. The summed E-state index contributed by atoms with van der Waals surface area (Å²) in [4.78, 5) is 17.5. The molecule has 1 fully saturated rings. The fraction of sp³-hybridized carbons (Fsp3) is 0.269. The summed E-state index contributed by atoms with van der Waals surface area (Å²) in [7, 11) is 3.27. The second kappa shape index (κ2) is 10.6. The molecular formula is C26H28ClN3O3. The van der Waals surface area contributed by atoms with Crippen LogP contribution >= 0.6 is 11.6 Å². The molecule has 7 heteroatoms. The summed E-state index contributed by atoms with van der Waals surface area (Å²) in [5.74, 6) is 1.28. The van der Waals surface area contributed by atoms with Crippen molar-refractivity contribution in [2.75, 3.05) is 50.6 Å². The predicted molar refractivity (Wildman–Crippen MR) is 133 cm³/mol. The maximum absolute atomic E-state index is 12.7. The SMILES string of the molecule is COc1ccc(Cl)cc1NC(=O)c1ccc(CN2CCN(c3ccccc3OC)CC2)cc1. The van der Waals surface area contributed by atoms with E-state index in [4.69, 9.17) is 21.1 Å². The van der Waals surface area contributed by atoms with Crippen molar-refractivity contribution < 1.29 is 14.3 Å². The van der Waals surface area contributed by atoms with Crippen LogP contribution in [0.15, 0.2) is 66.7 Å². The van der Waals surface area contributed by atoms with Crippen molar-refractivity contribution in [2.45, 2.75) is 6.54 Å². The number of ether oxygens (including phenoxy) is 2. The van der Waals surface area contributed by atoms with Gasteiger partial charge in [0.25, 0.3) is 5.91 Å². The number of para-hydroxylation sites is 2.